The number of para-hydroxylation sites is 1. The highest BCUT2D eigenvalue weighted by atomic mass is 16.6. The number of ether oxygens (including phenoxy) is 2. The van der Waals surface area contributed by atoms with Crippen molar-refractivity contribution in [3.05, 3.63) is 73.8 Å². The second-order valence-corrected chi connectivity index (χ2v) is 4.39. The van der Waals surface area contributed by atoms with Crippen LogP contribution in [-0.2, 0) is 9.59 Å². The Morgan fingerprint density at radius 1 is 0.833 bits per heavy atom. The summed E-state index contributed by atoms with van der Waals surface area (Å²) in [6, 6.07) is 13.6. The summed E-state index contributed by atoms with van der Waals surface area (Å²) in [6.45, 7) is 6.66. The lowest BCUT2D eigenvalue weighted by Crippen LogP contribution is -2.08. The second-order valence-electron chi connectivity index (χ2n) is 4.39. The summed E-state index contributed by atoms with van der Waals surface area (Å²) in [5.41, 5.74) is 0.843. The molecule has 0 saturated heterocycles. The van der Waals surface area contributed by atoms with Gasteiger partial charge < -0.3 is 9.47 Å². The maximum atomic E-state index is 11.5. The van der Waals surface area contributed by atoms with Crippen LogP contribution in [0.1, 0.15) is 0 Å². The number of carbonyl (C=O) groups excluding carboxylic acids is 2. The van der Waals surface area contributed by atoms with E-state index in [4.69, 9.17) is 9.47 Å². The minimum Gasteiger partial charge on any atom is -0.419 e. The maximum absolute atomic E-state index is 11.5. The minimum atomic E-state index is -0.715. The molecule has 6 heteroatoms. The third kappa shape index (κ3) is 4.48. The van der Waals surface area contributed by atoms with Gasteiger partial charge in [0.05, 0.1) is 5.69 Å². The second kappa shape index (κ2) is 8.19. The molecule has 24 heavy (non-hydrogen) atoms. The zero-order valence-electron chi connectivity index (χ0n) is 12.7. The van der Waals surface area contributed by atoms with Gasteiger partial charge in [0.2, 0.25) is 5.75 Å². The number of benzene rings is 2. The number of hydrogen-bond acceptors (Lipinski definition) is 6. The molecule has 0 heterocycles. The first-order valence-electron chi connectivity index (χ1n) is 6.92. The Morgan fingerprint density at radius 2 is 1.50 bits per heavy atom. The van der Waals surface area contributed by atoms with Gasteiger partial charge in [0.25, 0.3) is 0 Å². The standard InChI is InChI=1S/C18H14N2O4/c1-3-16(21)23-15-12-8-11-14(18(15)24-17(22)4-2)20-19-13-9-6-5-7-10-13/h3-12H,1-2H2. The molecule has 0 fully saturated rings. The summed E-state index contributed by atoms with van der Waals surface area (Å²) >= 11 is 0. The molecule has 0 radical (unpaired) electrons. The minimum absolute atomic E-state index is 0.0274. The third-order valence-electron chi connectivity index (χ3n) is 2.73. The number of rotatable bonds is 6. The highest BCUT2D eigenvalue weighted by molar-refractivity contribution is 5.87. The van der Waals surface area contributed by atoms with Crippen LogP contribution in [0.25, 0.3) is 0 Å². The van der Waals surface area contributed by atoms with Crippen molar-refractivity contribution in [3.8, 4) is 11.5 Å². The lowest BCUT2D eigenvalue weighted by atomic mass is 10.2. The van der Waals surface area contributed by atoms with Crippen molar-refractivity contribution in [1.29, 1.82) is 0 Å². The van der Waals surface area contributed by atoms with Gasteiger partial charge in [-0.3, -0.25) is 0 Å². The molecule has 0 aromatic heterocycles. The van der Waals surface area contributed by atoms with Crippen LogP contribution < -0.4 is 9.47 Å². The van der Waals surface area contributed by atoms with Crippen molar-refractivity contribution in [3.63, 3.8) is 0 Å². The van der Waals surface area contributed by atoms with Crippen LogP contribution in [0.5, 0.6) is 11.5 Å². The molecule has 0 atom stereocenters. The largest absolute Gasteiger partial charge is 0.419 e. The fourth-order valence-electron chi connectivity index (χ4n) is 1.66. The fraction of sp³-hybridized carbons (Fsp3) is 0. The summed E-state index contributed by atoms with van der Waals surface area (Å²) in [6.07, 6.45) is 1.99. The lowest BCUT2D eigenvalue weighted by Gasteiger charge is -2.10. The Morgan fingerprint density at radius 3 is 2.17 bits per heavy atom. The first-order chi connectivity index (χ1) is 11.6. The normalized spacial score (nSPS) is 10.2. The van der Waals surface area contributed by atoms with Gasteiger partial charge in [0, 0.05) is 12.2 Å². The molecular weight excluding hydrogens is 308 g/mol. The summed E-state index contributed by atoms with van der Waals surface area (Å²) in [7, 11) is 0. The molecule has 2 rings (SSSR count). The van der Waals surface area contributed by atoms with E-state index < -0.39 is 11.9 Å². The Labute approximate surface area is 138 Å². The van der Waals surface area contributed by atoms with E-state index in [1.807, 2.05) is 18.2 Å². The number of hydrogen-bond donors (Lipinski definition) is 0. The molecule has 0 N–H and O–H groups in total. The Kier molecular flexibility index (Phi) is 5.74. The van der Waals surface area contributed by atoms with E-state index in [2.05, 4.69) is 23.4 Å². The molecule has 0 aliphatic carbocycles. The number of esters is 2. The molecule has 0 saturated carbocycles. The van der Waals surface area contributed by atoms with Gasteiger partial charge in [-0.1, -0.05) is 37.4 Å². The van der Waals surface area contributed by atoms with Gasteiger partial charge in [-0.15, -0.1) is 5.11 Å². The first kappa shape index (κ1) is 16.8. The van der Waals surface area contributed by atoms with Crippen molar-refractivity contribution < 1.29 is 19.1 Å². The van der Waals surface area contributed by atoms with Gasteiger partial charge in [0.1, 0.15) is 5.69 Å². The summed E-state index contributed by atoms with van der Waals surface area (Å²) < 4.78 is 10.2. The lowest BCUT2D eigenvalue weighted by molar-refractivity contribution is -0.131. The highest BCUT2D eigenvalue weighted by Crippen LogP contribution is 2.38. The predicted octanol–water partition coefficient (Wildman–Crippen LogP) is 4.28. The number of carbonyl (C=O) groups is 2. The molecule has 6 nitrogen and oxygen atoms in total. The summed E-state index contributed by atoms with van der Waals surface area (Å²) in [5, 5.41) is 8.11. The SMILES string of the molecule is C=CC(=O)Oc1cccc(N=Nc2ccccc2)c1OC(=O)C=C. The predicted molar refractivity (Wildman–Crippen MR) is 88.7 cm³/mol. The molecule has 2 aromatic carbocycles. The molecule has 0 bridgehead atoms. The van der Waals surface area contributed by atoms with Gasteiger partial charge in [0.15, 0.2) is 5.75 Å². The van der Waals surface area contributed by atoms with Crippen LogP contribution in [-0.4, -0.2) is 11.9 Å². The van der Waals surface area contributed by atoms with Gasteiger partial charge >= 0.3 is 11.9 Å². The molecule has 0 amide bonds. The monoisotopic (exact) mass is 322 g/mol. The van der Waals surface area contributed by atoms with Crippen LogP contribution in [0.4, 0.5) is 11.4 Å². The van der Waals surface area contributed by atoms with E-state index in [1.54, 1.807) is 24.3 Å². The summed E-state index contributed by atoms with van der Waals surface area (Å²) in [4.78, 5) is 23.0. The van der Waals surface area contributed by atoms with E-state index in [9.17, 15) is 9.59 Å². The zero-order chi connectivity index (χ0) is 17.4. The Balaban J connectivity index is 2.41. The maximum Gasteiger partial charge on any atom is 0.335 e. The van der Waals surface area contributed by atoms with Crippen LogP contribution in [0, 0.1) is 0 Å². The molecule has 0 aliphatic heterocycles. The molecule has 120 valence electrons. The van der Waals surface area contributed by atoms with Crippen molar-refractivity contribution in [2.45, 2.75) is 0 Å². The smallest absolute Gasteiger partial charge is 0.335 e. The van der Waals surface area contributed by atoms with Crippen molar-refractivity contribution in [2.75, 3.05) is 0 Å². The fourth-order valence-corrected chi connectivity index (χ4v) is 1.66. The average molecular weight is 322 g/mol. The van der Waals surface area contributed by atoms with Crippen molar-refractivity contribution in [2.24, 2.45) is 10.2 Å². The Bertz CT molecular complexity index is 798. The van der Waals surface area contributed by atoms with Crippen LogP contribution in [0.15, 0.2) is 84.1 Å². The van der Waals surface area contributed by atoms with E-state index in [0.717, 1.165) is 12.2 Å². The number of nitrogens with zero attached hydrogens (tertiary/aromatic N) is 2. The molecule has 0 unspecified atom stereocenters. The van der Waals surface area contributed by atoms with Gasteiger partial charge in [-0.05, 0) is 24.3 Å². The van der Waals surface area contributed by atoms with E-state index >= 15 is 0 Å². The van der Waals surface area contributed by atoms with Crippen LogP contribution in [0.3, 0.4) is 0 Å². The van der Waals surface area contributed by atoms with Crippen molar-refractivity contribution >= 4 is 23.3 Å². The number of azo groups is 1. The Hall–Kier alpha value is -3.54. The van der Waals surface area contributed by atoms with Gasteiger partial charge in [-0.2, -0.15) is 5.11 Å². The van der Waals surface area contributed by atoms with E-state index in [1.165, 1.54) is 6.07 Å². The van der Waals surface area contributed by atoms with Crippen LogP contribution in [0.2, 0.25) is 0 Å². The summed E-state index contributed by atoms with van der Waals surface area (Å²) in [5.74, 6) is -1.41. The van der Waals surface area contributed by atoms with Gasteiger partial charge in [-0.25, -0.2) is 9.59 Å². The third-order valence-corrected chi connectivity index (χ3v) is 2.73. The van der Waals surface area contributed by atoms with Crippen LogP contribution >= 0.6 is 0 Å². The van der Waals surface area contributed by atoms with E-state index in [-0.39, 0.29) is 17.2 Å². The molecule has 0 aliphatic rings. The quantitative estimate of drug-likeness (QED) is 0.344. The topological polar surface area (TPSA) is 77.3 Å². The highest BCUT2D eigenvalue weighted by Gasteiger charge is 2.16. The molecule has 2 aromatic rings. The first-order valence-corrected chi connectivity index (χ1v) is 6.92. The average Bonchev–Trinajstić information content (AvgIpc) is 2.62. The molecular formula is C18H14N2O4. The van der Waals surface area contributed by atoms with E-state index in [0.29, 0.717) is 5.69 Å². The zero-order valence-corrected chi connectivity index (χ0v) is 12.7. The van der Waals surface area contributed by atoms with Crippen molar-refractivity contribution in [1.82, 2.24) is 0 Å². The molecule has 0 spiro atoms.